The van der Waals surface area contributed by atoms with Gasteiger partial charge in [-0.05, 0) is 49.8 Å². The molecule has 2 aliphatic rings. The molecule has 6 nitrogen and oxygen atoms in total. The molecular weight excluding hydrogens is 402 g/mol. The van der Waals surface area contributed by atoms with Gasteiger partial charge < -0.3 is 19.9 Å². The van der Waals surface area contributed by atoms with E-state index in [0.717, 1.165) is 61.0 Å². The SMILES string of the molecule is COc1ccccc1CNC(=O)CC1CCNCC1Cc1cc(CC2CCCCC2)on1. The standard InChI is InChI=1S/C26H37N3O3/c1-31-25-10-6-5-9-21(25)18-28-26(30)15-20-11-12-27-17-22(20)14-23-16-24(32-29-23)13-19-7-3-2-4-8-19/h5-6,9-10,16,19-20,22,27H,2-4,7-8,11-15,17-18H2,1H3,(H,28,30). The highest BCUT2D eigenvalue weighted by Crippen LogP contribution is 2.29. The van der Waals surface area contributed by atoms with Crippen LogP contribution in [0.5, 0.6) is 5.75 Å². The Balaban J connectivity index is 1.28. The van der Waals surface area contributed by atoms with Crippen molar-refractivity contribution < 1.29 is 14.1 Å². The quantitative estimate of drug-likeness (QED) is 0.610. The Morgan fingerprint density at radius 2 is 2.00 bits per heavy atom. The number of aromatic nitrogens is 1. The zero-order chi connectivity index (χ0) is 22.2. The second kappa shape index (κ2) is 11.5. The van der Waals surface area contributed by atoms with Crippen molar-refractivity contribution in [2.75, 3.05) is 20.2 Å². The fourth-order valence-electron chi connectivity index (χ4n) is 5.33. The molecule has 2 unspecified atom stereocenters. The van der Waals surface area contributed by atoms with Gasteiger partial charge in [-0.15, -0.1) is 0 Å². The molecule has 2 N–H and O–H groups in total. The predicted molar refractivity (Wildman–Crippen MR) is 124 cm³/mol. The van der Waals surface area contributed by atoms with Crippen LogP contribution >= 0.6 is 0 Å². The summed E-state index contributed by atoms with van der Waals surface area (Å²) in [5.74, 6) is 3.44. The molecule has 2 aromatic rings. The van der Waals surface area contributed by atoms with Crippen molar-refractivity contribution in [2.45, 2.75) is 64.3 Å². The van der Waals surface area contributed by atoms with Crippen LogP contribution in [0.15, 0.2) is 34.9 Å². The zero-order valence-corrected chi connectivity index (χ0v) is 19.3. The van der Waals surface area contributed by atoms with Gasteiger partial charge in [-0.2, -0.15) is 0 Å². The fraction of sp³-hybridized carbons (Fsp3) is 0.615. The van der Waals surface area contributed by atoms with Crippen molar-refractivity contribution in [1.82, 2.24) is 15.8 Å². The van der Waals surface area contributed by atoms with Crippen molar-refractivity contribution in [2.24, 2.45) is 17.8 Å². The lowest BCUT2D eigenvalue weighted by atomic mass is 9.81. The lowest BCUT2D eigenvalue weighted by Crippen LogP contribution is -2.40. The summed E-state index contributed by atoms with van der Waals surface area (Å²) in [6, 6.07) is 9.97. The Morgan fingerprint density at radius 1 is 1.16 bits per heavy atom. The first-order chi connectivity index (χ1) is 15.7. The molecule has 32 heavy (non-hydrogen) atoms. The van der Waals surface area contributed by atoms with Gasteiger partial charge in [0.05, 0.1) is 12.8 Å². The minimum absolute atomic E-state index is 0.103. The first kappa shape index (κ1) is 22.8. The van der Waals surface area contributed by atoms with Gasteiger partial charge >= 0.3 is 0 Å². The van der Waals surface area contributed by atoms with Gasteiger partial charge in [0.25, 0.3) is 0 Å². The molecular formula is C26H37N3O3. The number of carbonyl (C=O) groups is 1. The van der Waals surface area contributed by atoms with Crippen molar-refractivity contribution in [3.63, 3.8) is 0 Å². The highest BCUT2D eigenvalue weighted by atomic mass is 16.5. The molecule has 2 fully saturated rings. The number of para-hydroxylation sites is 1. The van der Waals surface area contributed by atoms with E-state index in [1.165, 1.54) is 32.1 Å². The van der Waals surface area contributed by atoms with E-state index in [2.05, 4.69) is 21.9 Å². The number of nitrogens with zero attached hydrogens (tertiary/aromatic N) is 1. The number of piperidine rings is 1. The maximum atomic E-state index is 12.7. The van der Waals surface area contributed by atoms with Crippen LogP contribution in [0.2, 0.25) is 0 Å². The van der Waals surface area contributed by atoms with Crippen LogP contribution in [-0.2, 0) is 24.2 Å². The molecule has 1 aliphatic carbocycles. The number of nitrogens with one attached hydrogen (secondary N) is 2. The van der Waals surface area contributed by atoms with Crippen LogP contribution in [-0.4, -0.2) is 31.3 Å². The van der Waals surface area contributed by atoms with Crippen LogP contribution in [0.25, 0.3) is 0 Å². The van der Waals surface area contributed by atoms with Gasteiger partial charge in [-0.3, -0.25) is 4.79 Å². The fourth-order valence-corrected chi connectivity index (χ4v) is 5.33. The molecule has 0 bridgehead atoms. The van der Waals surface area contributed by atoms with E-state index >= 15 is 0 Å². The summed E-state index contributed by atoms with van der Waals surface area (Å²) < 4.78 is 11.1. The average Bonchev–Trinajstić information content (AvgIpc) is 3.26. The minimum Gasteiger partial charge on any atom is -0.496 e. The van der Waals surface area contributed by atoms with E-state index < -0.39 is 0 Å². The molecule has 4 rings (SSSR count). The maximum Gasteiger partial charge on any atom is 0.220 e. The van der Waals surface area contributed by atoms with Gasteiger partial charge in [0.1, 0.15) is 11.5 Å². The summed E-state index contributed by atoms with van der Waals surface area (Å²) in [4.78, 5) is 12.7. The number of rotatable bonds is 9. The Hall–Kier alpha value is -2.34. The Morgan fingerprint density at radius 3 is 2.84 bits per heavy atom. The highest BCUT2D eigenvalue weighted by molar-refractivity contribution is 5.76. The van der Waals surface area contributed by atoms with E-state index in [1.54, 1.807) is 7.11 Å². The molecule has 0 radical (unpaired) electrons. The molecule has 2 heterocycles. The third kappa shape index (κ3) is 6.35. The van der Waals surface area contributed by atoms with E-state index in [9.17, 15) is 4.79 Å². The lowest BCUT2D eigenvalue weighted by Gasteiger charge is -2.31. The maximum absolute atomic E-state index is 12.7. The molecule has 1 saturated heterocycles. The topological polar surface area (TPSA) is 76.4 Å². The molecule has 2 atom stereocenters. The van der Waals surface area contributed by atoms with Crippen LogP contribution in [0.4, 0.5) is 0 Å². The van der Waals surface area contributed by atoms with Crippen LogP contribution < -0.4 is 15.4 Å². The summed E-state index contributed by atoms with van der Waals surface area (Å²) in [6.07, 6.45) is 10.1. The molecule has 1 saturated carbocycles. The smallest absolute Gasteiger partial charge is 0.220 e. The van der Waals surface area contributed by atoms with E-state index in [1.807, 2.05) is 24.3 Å². The third-order valence-corrected chi connectivity index (χ3v) is 7.17. The molecule has 0 spiro atoms. The number of methoxy groups -OCH3 is 1. The summed E-state index contributed by atoms with van der Waals surface area (Å²) in [7, 11) is 1.66. The summed E-state index contributed by atoms with van der Waals surface area (Å²) in [5.41, 5.74) is 2.03. The largest absolute Gasteiger partial charge is 0.496 e. The Kier molecular flexibility index (Phi) is 8.21. The number of hydrogen-bond donors (Lipinski definition) is 2. The number of benzene rings is 1. The third-order valence-electron chi connectivity index (χ3n) is 7.17. The summed E-state index contributed by atoms with van der Waals surface area (Å²) >= 11 is 0. The highest BCUT2D eigenvalue weighted by Gasteiger charge is 2.28. The van der Waals surface area contributed by atoms with E-state index in [0.29, 0.717) is 24.8 Å². The monoisotopic (exact) mass is 439 g/mol. The molecule has 174 valence electrons. The zero-order valence-electron chi connectivity index (χ0n) is 19.3. The number of amides is 1. The first-order valence-corrected chi connectivity index (χ1v) is 12.2. The minimum atomic E-state index is 0.103. The van der Waals surface area contributed by atoms with Gasteiger partial charge in [-0.25, -0.2) is 0 Å². The van der Waals surface area contributed by atoms with Crippen LogP contribution in [0, 0.1) is 17.8 Å². The second-order valence-corrected chi connectivity index (χ2v) is 9.50. The average molecular weight is 440 g/mol. The summed E-state index contributed by atoms with van der Waals surface area (Å²) in [5, 5.41) is 10.9. The predicted octanol–water partition coefficient (Wildman–Crippen LogP) is 4.28. The van der Waals surface area contributed by atoms with E-state index in [-0.39, 0.29) is 5.91 Å². The van der Waals surface area contributed by atoms with E-state index in [4.69, 9.17) is 9.26 Å². The molecule has 1 aromatic carbocycles. The number of carbonyl (C=O) groups excluding carboxylic acids is 1. The van der Waals surface area contributed by atoms with Crippen LogP contribution in [0.3, 0.4) is 0 Å². The van der Waals surface area contributed by atoms with Gasteiger partial charge in [0, 0.05) is 31.0 Å². The normalized spacial score (nSPS) is 21.9. The number of ether oxygens (including phenoxy) is 1. The first-order valence-electron chi connectivity index (χ1n) is 12.2. The second-order valence-electron chi connectivity index (χ2n) is 9.50. The van der Waals surface area contributed by atoms with Crippen molar-refractivity contribution >= 4 is 5.91 Å². The van der Waals surface area contributed by atoms with Crippen LogP contribution in [0.1, 0.15) is 62.0 Å². The number of hydrogen-bond acceptors (Lipinski definition) is 5. The van der Waals surface area contributed by atoms with Crippen molar-refractivity contribution in [3.05, 3.63) is 47.3 Å². The molecule has 1 aromatic heterocycles. The van der Waals surface area contributed by atoms with Gasteiger partial charge in [0.15, 0.2) is 0 Å². The Bertz CT molecular complexity index is 860. The van der Waals surface area contributed by atoms with Gasteiger partial charge in [-0.1, -0.05) is 55.5 Å². The van der Waals surface area contributed by atoms with Gasteiger partial charge in [0.2, 0.25) is 5.91 Å². The summed E-state index contributed by atoms with van der Waals surface area (Å²) in [6.45, 7) is 2.38. The Labute approximate surface area is 191 Å². The van der Waals surface area contributed by atoms with Crippen molar-refractivity contribution in [3.8, 4) is 5.75 Å². The molecule has 1 amide bonds. The lowest BCUT2D eigenvalue weighted by molar-refractivity contribution is -0.122. The molecule has 1 aliphatic heterocycles. The molecule has 6 heteroatoms. The van der Waals surface area contributed by atoms with Crippen molar-refractivity contribution in [1.29, 1.82) is 0 Å².